The average Bonchev–Trinajstić information content (AvgIpc) is 3.61. The van der Waals surface area contributed by atoms with Crippen molar-refractivity contribution in [2.75, 3.05) is 26.9 Å². The fourth-order valence-electron chi connectivity index (χ4n) is 4.75. The zero-order chi connectivity index (χ0) is 32.2. The van der Waals surface area contributed by atoms with Crippen molar-refractivity contribution in [3.05, 3.63) is 100 Å². The summed E-state index contributed by atoms with van der Waals surface area (Å²) in [6.07, 6.45) is 1.64. The molecule has 3 heterocycles. The number of carbonyl (C=O) groups is 2. The number of hydrogen-bond donors (Lipinski definition) is 0. The van der Waals surface area contributed by atoms with Gasteiger partial charge in [0.2, 0.25) is 0 Å². The first-order chi connectivity index (χ1) is 21.6. The minimum atomic E-state index is -0.881. The fraction of sp³-hybridized carbons (Fsp3) is 0.250. The molecule has 4 aromatic rings. The molecular weight excluding hydrogens is 688 g/mol. The highest BCUT2D eigenvalue weighted by atomic mass is 79.9. The van der Waals surface area contributed by atoms with Gasteiger partial charge in [0.1, 0.15) is 11.5 Å². The number of fused-ring (bicyclic) bond motifs is 1. The van der Waals surface area contributed by atoms with E-state index in [1.54, 1.807) is 63.2 Å². The zero-order valence-electron chi connectivity index (χ0n) is 24.7. The molecule has 0 saturated carbocycles. The first kappa shape index (κ1) is 32.3. The Bertz CT molecular complexity index is 1990. The SMILES string of the molecule is CCOC(=O)C1=C(C)N=c2s/c(=C\c3ccc(-c4ccc(Br)c(Cl)c4)o3)c(=O)n2[C@@H]1c1ccc(OCC(=O)OC)c(OCC)c1. The Labute approximate surface area is 275 Å². The third kappa shape index (κ3) is 6.77. The van der Waals surface area contributed by atoms with E-state index in [0.29, 0.717) is 55.2 Å². The third-order valence-corrected chi connectivity index (χ3v) is 8.99. The molecule has 10 nitrogen and oxygen atoms in total. The molecule has 5 rings (SSSR count). The number of esters is 2. The monoisotopic (exact) mass is 714 g/mol. The number of nitrogens with zero attached hydrogens (tertiary/aromatic N) is 2. The van der Waals surface area contributed by atoms with Gasteiger partial charge in [-0.25, -0.2) is 14.6 Å². The lowest BCUT2D eigenvalue weighted by Crippen LogP contribution is -2.40. The van der Waals surface area contributed by atoms with E-state index >= 15 is 0 Å². The van der Waals surface area contributed by atoms with E-state index in [1.165, 1.54) is 23.0 Å². The summed E-state index contributed by atoms with van der Waals surface area (Å²) in [5, 5.41) is 0.544. The minimum Gasteiger partial charge on any atom is -0.490 e. The van der Waals surface area contributed by atoms with E-state index in [2.05, 4.69) is 25.7 Å². The number of aromatic nitrogens is 1. The second kappa shape index (κ2) is 13.9. The van der Waals surface area contributed by atoms with Gasteiger partial charge in [0, 0.05) is 16.1 Å². The maximum Gasteiger partial charge on any atom is 0.343 e. The van der Waals surface area contributed by atoms with Crippen molar-refractivity contribution in [3.8, 4) is 22.8 Å². The lowest BCUT2D eigenvalue weighted by Gasteiger charge is -2.25. The zero-order valence-corrected chi connectivity index (χ0v) is 27.9. The molecular formula is C32H28BrClN2O8S. The Morgan fingerprint density at radius 3 is 2.60 bits per heavy atom. The number of thiazole rings is 1. The summed E-state index contributed by atoms with van der Waals surface area (Å²) in [5.74, 6) is 0.525. The topological polar surface area (TPSA) is 119 Å². The fourth-order valence-corrected chi connectivity index (χ4v) is 6.20. The van der Waals surface area contributed by atoms with Crippen LogP contribution in [0.1, 0.15) is 38.1 Å². The van der Waals surface area contributed by atoms with Crippen molar-refractivity contribution in [1.29, 1.82) is 0 Å². The number of allylic oxidation sites excluding steroid dienone is 1. The Balaban J connectivity index is 1.61. The summed E-state index contributed by atoms with van der Waals surface area (Å²) < 4.78 is 30.1. The van der Waals surface area contributed by atoms with Crippen LogP contribution in [0.15, 0.2) is 78.5 Å². The molecule has 2 aromatic heterocycles. The van der Waals surface area contributed by atoms with Gasteiger partial charge in [0.25, 0.3) is 5.56 Å². The minimum absolute atomic E-state index is 0.141. The van der Waals surface area contributed by atoms with Gasteiger partial charge in [-0.3, -0.25) is 9.36 Å². The highest BCUT2D eigenvalue weighted by Gasteiger charge is 2.34. The standard InChI is InChI=1S/C32H28BrClN2O8S/c1-5-41-25-14-19(8-11-24(25)43-16-27(37)40-4)29-28(31(39)42-6-2)17(3)35-32-36(29)30(38)26(45-32)15-20-9-12-23(44-20)18-7-10-21(33)22(34)13-18/h7-15,29H,5-6,16H2,1-4H3/b26-15-/t29-/m1/s1. The van der Waals surface area contributed by atoms with E-state index in [9.17, 15) is 14.4 Å². The lowest BCUT2D eigenvalue weighted by atomic mass is 9.95. The molecule has 13 heteroatoms. The molecule has 45 heavy (non-hydrogen) atoms. The van der Waals surface area contributed by atoms with Crippen molar-refractivity contribution >= 4 is 56.9 Å². The Morgan fingerprint density at radius 1 is 1.09 bits per heavy atom. The van der Waals surface area contributed by atoms with Crippen molar-refractivity contribution in [3.63, 3.8) is 0 Å². The van der Waals surface area contributed by atoms with Crippen LogP contribution in [-0.2, 0) is 19.1 Å². The van der Waals surface area contributed by atoms with Gasteiger partial charge >= 0.3 is 11.9 Å². The van der Waals surface area contributed by atoms with Gasteiger partial charge in [-0.15, -0.1) is 0 Å². The highest BCUT2D eigenvalue weighted by Crippen LogP contribution is 2.36. The van der Waals surface area contributed by atoms with Gasteiger partial charge in [-0.2, -0.15) is 0 Å². The molecule has 0 saturated heterocycles. The maximum atomic E-state index is 14.0. The van der Waals surface area contributed by atoms with Gasteiger partial charge in [0.15, 0.2) is 22.9 Å². The van der Waals surface area contributed by atoms with Crippen LogP contribution < -0.4 is 24.4 Å². The quantitative estimate of drug-likeness (QED) is 0.200. The Hall–Kier alpha value is -4.13. The number of halogens is 2. The van der Waals surface area contributed by atoms with Crippen LogP contribution in [0.5, 0.6) is 11.5 Å². The molecule has 0 amide bonds. The summed E-state index contributed by atoms with van der Waals surface area (Å²) in [6.45, 7) is 5.34. The molecule has 1 atom stereocenters. The Kier molecular flexibility index (Phi) is 9.96. The number of hydrogen-bond acceptors (Lipinski definition) is 10. The normalized spacial score (nSPS) is 14.5. The van der Waals surface area contributed by atoms with Gasteiger partial charge in [0.05, 0.1) is 47.2 Å². The molecule has 2 aromatic carbocycles. The molecule has 0 fully saturated rings. The first-order valence-corrected chi connectivity index (χ1v) is 15.8. The second-order valence-corrected chi connectivity index (χ2v) is 11.9. The van der Waals surface area contributed by atoms with Crippen molar-refractivity contribution in [2.45, 2.75) is 26.8 Å². The summed E-state index contributed by atoms with van der Waals surface area (Å²) in [5.41, 5.74) is 1.60. The van der Waals surface area contributed by atoms with Gasteiger partial charge in [-0.1, -0.05) is 35.1 Å². The van der Waals surface area contributed by atoms with Crippen molar-refractivity contribution in [1.82, 2.24) is 4.57 Å². The van der Waals surface area contributed by atoms with E-state index in [0.717, 1.165) is 10.0 Å². The van der Waals surface area contributed by atoms with Crippen molar-refractivity contribution in [2.24, 2.45) is 4.99 Å². The molecule has 0 aliphatic carbocycles. The van der Waals surface area contributed by atoms with Gasteiger partial charge in [-0.05, 0) is 78.7 Å². The van der Waals surface area contributed by atoms with Crippen LogP contribution in [0.3, 0.4) is 0 Å². The predicted molar refractivity (Wildman–Crippen MR) is 172 cm³/mol. The summed E-state index contributed by atoms with van der Waals surface area (Å²) in [7, 11) is 1.27. The lowest BCUT2D eigenvalue weighted by molar-refractivity contribution is -0.143. The summed E-state index contributed by atoms with van der Waals surface area (Å²) in [4.78, 5) is 44.0. The molecule has 1 aliphatic rings. The predicted octanol–water partition coefficient (Wildman–Crippen LogP) is 5.42. The van der Waals surface area contributed by atoms with Crippen LogP contribution in [0.25, 0.3) is 17.4 Å². The maximum absolute atomic E-state index is 14.0. The first-order valence-electron chi connectivity index (χ1n) is 13.9. The summed E-state index contributed by atoms with van der Waals surface area (Å²) in [6, 6.07) is 13.2. The number of furan rings is 1. The van der Waals surface area contributed by atoms with E-state index in [-0.39, 0.29) is 24.3 Å². The molecule has 1 aliphatic heterocycles. The van der Waals surface area contributed by atoms with E-state index in [1.807, 2.05) is 12.1 Å². The molecule has 0 bridgehead atoms. The van der Waals surface area contributed by atoms with Crippen LogP contribution >= 0.6 is 38.9 Å². The molecule has 0 N–H and O–H groups in total. The van der Waals surface area contributed by atoms with Crippen molar-refractivity contribution < 1.29 is 33.0 Å². The number of carbonyl (C=O) groups excluding carboxylic acids is 2. The average molecular weight is 716 g/mol. The summed E-state index contributed by atoms with van der Waals surface area (Å²) >= 11 is 10.8. The second-order valence-electron chi connectivity index (χ2n) is 9.64. The van der Waals surface area contributed by atoms with E-state index < -0.39 is 18.0 Å². The number of rotatable bonds is 10. The smallest absolute Gasteiger partial charge is 0.343 e. The molecule has 234 valence electrons. The third-order valence-electron chi connectivity index (χ3n) is 6.78. The highest BCUT2D eigenvalue weighted by molar-refractivity contribution is 9.10. The largest absolute Gasteiger partial charge is 0.490 e. The van der Waals surface area contributed by atoms with Crippen LogP contribution in [-0.4, -0.2) is 43.4 Å². The van der Waals surface area contributed by atoms with Gasteiger partial charge < -0.3 is 23.4 Å². The molecule has 0 spiro atoms. The molecule has 0 unspecified atom stereocenters. The molecule has 0 radical (unpaired) electrons. The number of methoxy groups -OCH3 is 1. The number of ether oxygens (including phenoxy) is 4. The van der Waals surface area contributed by atoms with Crippen LogP contribution in [0.2, 0.25) is 5.02 Å². The van der Waals surface area contributed by atoms with Crippen LogP contribution in [0.4, 0.5) is 0 Å². The Morgan fingerprint density at radius 2 is 1.89 bits per heavy atom. The van der Waals surface area contributed by atoms with Crippen LogP contribution in [0, 0.1) is 0 Å². The van der Waals surface area contributed by atoms with E-state index in [4.69, 9.17) is 30.2 Å². The number of benzene rings is 2.